The van der Waals surface area contributed by atoms with E-state index in [0.29, 0.717) is 17.7 Å². The summed E-state index contributed by atoms with van der Waals surface area (Å²) in [5.41, 5.74) is -4.04. The molecule has 1 atom stereocenters. The first-order chi connectivity index (χ1) is 24.8. The molecule has 0 unspecified atom stereocenters. The Labute approximate surface area is 303 Å². The van der Waals surface area contributed by atoms with Crippen molar-refractivity contribution in [2.75, 3.05) is 6.54 Å². The molecule has 0 heterocycles. The van der Waals surface area contributed by atoms with E-state index in [4.69, 9.17) is 4.43 Å². The molecule has 0 saturated carbocycles. The lowest BCUT2D eigenvalue weighted by atomic mass is 9.77. The molecule has 0 aliphatic heterocycles. The Morgan fingerprint density at radius 1 is 0.679 bits per heavy atom. The van der Waals surface area contributed by atoms with Gasteiger partial charge < -0.3 is 15.1 Å². The van der Waals surface area contributed by atoms with Crippen LogP contribution < -0.4 is 25.4 Å². The lowest BCUT2D eigenvalue weighted by Gasteiger charge is -2.43. The van der Waals surface area contributed by atoms with E-state index in [2.05, 4.69) is 5.32 Å². The third-order valence-corrected chi connectivity index (χ3v) is 13.9. The molecule has 0 radical (unpaired) electrons. The van der Waals surface area contributed by atoms with Crippen LogP contribution in [-0.4, -0.2) is 27.1 Å². The summed E-state index contributed by atoms with van der Waals surface area (Å²) in [6.07, 6.45) is -10.4. The Balaban J connectivity index is 1.81. The molecule has 2 N–H and O–H groups in total. The third-order valence-electron chi connectivity index (χ3n) is 8.90. The van der Waals surface area contributed by atoms with E-state index in [1.807, 2.05) is 81.4 Å². The van der Waals surface area contributed by atoms with Crippen molar-refractivity contribution in [3.05, 3.63) is 161 Å². The Morgan fingerprint density at radius 3 is 1.74 bits per heavy atom. The number of hydrogen-bond acceptors (Lipinski definition) is 2. The molecular weight excluding hydrogens is 721 g/mol. The molecule has 13 heteroatoms. The highest BCUT2D eigenvalue weighted by Gasteiger charge is 2.52. The summed E-state index contributed by atoms with van der Waals surface area (Å²) in [5.74, 6) is -2.59. The van der Waals surface area contributed by atoms with Gasteiger partial charge in [-0.15, -0.1) is 0 Å². The highest BCUT2D eigenvalue weighted by molar-refractivity contribution is 7.00. The molecule has 0 aliphatic rings. The molecule has 278 valence electrons. The highest BCUT2D eigenvalue weighted by Crippen LogP contribution is 2.42. The van der Waals surface area contributed by atoms with Crippen molar-refractivity contribution in [2.24, 2.45) is 0 Å². The molecule has 5 aromatic rings. The van der Waals surface area contributed by atoms with Crippen molar-refractivity contribution >= 4 is 24.7 Å². The number of hydrogen-bond donors (Lipinski definition) is 2. The van der Waals surface area contributed by atoms with E-state index < -0.39 is 67.4 Å². The van der Waals surface area contributed by atoms with Crippen molar-refractivity contribution in [2.45, 2.75) is 50.1 Å². The normalized spacial score (nSPS) is 13.6. The molecule has 0 spiro atoms. The molecule has 53 heavy (non-hydrogen) atoms. The maximum Gasteiger partial charge on any atom is 0.419 e. The molecule has 0 aromatic heterocycles. The minimum absolute atomic E-state index is 0.0533. The van der Waals surface area contributed by atoms with Crippen molar-refractivity contribution < 1.29 is 44.3 Å². The van der Waals surface area contributed by atoms with Gasteiger partial charge in [-0.25, -0.2) is 13.6 Å². The van der Waals surface area contributed by atoms with Gasteiger partial charge in [-0.05, 0) is 56.4 Å². The van der Waals surface area contributed by atoms with Crippen molar-refractivity contribution in [3.8, 4) is 5.75 Å². The fraction of sp³-hybridized carbons (Fsp3) is 0.225. The van der Waals surface area contributed by atoms with Gasteiger partial charge in [0.2, 0.25) is 0 Å². The summed E-state index contributed by atoms with van der Waals surface area (Å²) in [6.45, 7) is 4.15. The van der Waals surface area contributed by atoms with E-state index in [-0.39, 0.29) is 16.9 Å². The lowest BCUT2D eigenvalue weighted by Crippen LogP contribution is -2.68. The zero-order valence-electron chi connectivity index (χ0n) is 28.9. The molecule has 5 aromatic carbocycles. The standard InChI is InChI=1S/C40H36F8N2O2Si/c1-37(2,3)53(32-15-9-5-10-16-32,33-17-11-6-12-18-33)52-31-22-29(21-30(41)24-31)38(25-27-13-7-4-8-14-27,50-36(51)49-26-39(43,44)45)28-19-20-35(42)34(23-28)40(46,47)48/h4-24H,25-26H2,1-3H3,(H2,49,50,51)/t38-/m1/s1. The smallest absolute Gasteiger partial charge is 0.419 e. The number of urea groups is 1. The third kappa shape index (κ3) is 8.73. The van der Waals surface area contributed by atoms with Crippen LogP contribution in [0.1, 0.15) is 43.0 Å². The van der Waals surface area contributed by atoms with Crippen LogP contribution in [0.3, 0.4) is 0 Å². The summed E-state index contributed by atoms with van der Waals surface area (Å²) in [4.78, 5) is 13.4. The first-order valence-corrected chi connectivity index (χ1v) is 18.4. The summed E-state index contributed by atoms with van der Waals surface area (Å²) in [7, 11) is -3.45. The number of carbonyl (C=O) groups is 1. The van der Waals surface area contributed by atoms with Crippen LogP contribution in [0.2, 0.25) is 5.04 Å². The second-order valence-corrected chi connectivity index (χ2v) is 17.8. The number of amides is 2. The van der Waals surface area contributed by atoms with Crippen LogP contribution in [0.15, 0.2) is 127 Å². The highest BCUT2D eigenvalue weighted by atomic mass is 28.4. The second kappa shape index (κ2) is 15.1. The Kier molecular flexibility index (Phi) is 11.1. The molecule has 4 nitrogen and oxygen atoms in total. The number of benzene rings is 5. The van der Waals surface area contributed by atoms with Crippen LogP contribution in [0.5, 0.6) is 5.75 Å². The molecular formula is C40H36F8N2O2Si. The van der Waals surface area contributed by atoms with Gasteiger partial charge in [-0.1, -0.05) is 118 Å². The van der Waals surface area contributed by atoms with Crippen LogP contribution in [0.25, 0.3) is 0 Å². The summed E-state index contributed by atoms with van der Waals surface area (Å²) < 4.78 is 120. The number of alkyl halides is 6. The van der Waals surface area contributed by atoms with E-state index in [1.165, 1.54) is 6.07 Å². The fourth-order valence-corrected chi connectivity index (χ4v) is 11.0. The largest absolute Gasteiger partial charge is 0.534 e. The molecule has 2 amide bonds. The van der Waals surface area contributed by atoms with Crippen LogP contribution >= 0.6 is 0 Å². The average molecular weight is 757 g/mol. The van der Waals surface area contributed by atoms with Gasteiger partial charge in [-0.2, -0.15) is 26.3 Å². The molecule has 0 fully saturated rings. The fourth-order valence-electron chi connectivity index (χ4n) is 6.58. The van der Waals surface area contributed by atoms with Gasteiger partial charge in [0.05, 0.1) is 11.1 Å². The van der Waals surface area contributed by atoms with Gasteiger partial charge in [0.1, 0.15) is 23.9 Å². The predicted molar refractivity (Wildman–Crippen MR) is 190 cm³/mol. The molecule has 0 saturated heterocycles. The summed E-state index contributed by atoms with van der Waals surface area (Å²) in [6, 6.07) is 30.6. The molecule has 5 rings (SSSR count). The van der Waals surface area contributed by atoms with E-state index in [9.17, 15) is 35.5 Å². The number of carbonyl (C=O) groups excluding carboxylic acids is 1. The summed E-state index contributed by atoms with van der Waals surface area (Å²) in [5, 5.41) is 5.16. The maximum atomic E-state index is 16.1. The van der Waals surface area contributed by atoms with Crippen molar-refractivity contribution in [3.63, 3.8) is 0 Å². The molecule has 0 bridgehead atoms. The Bertz CT molecular complexity index is 1980. The monoisotopic (exact) mass is 756 g/mol. The van der Waals surface area contributed by atoms with Gasteiger partial charge in [-0.3, -0.25) is 0 Å². The topological polar surface area (TPSA) is 50.4 Å². The minimum Gasteiger partial charge on any atom is -0.534 e. The lowest BCUT2D eigenvalue weighted by molar-refractivity contribution is -0.140. The number of rotatable bonds is 10. The average Bonchev–Trinajstić information content (AvgIpc) is 3.09. The minimum atomic E-state index is -5.20. The van der Waals surface area contributed by atoms with Crippen LogP contribution in [-0.2, 0) is 18.1 Å². The first kappa shape index (κ1) is 39.0. The SMILES string of the molecule is CC(C)(C)[Si](Oc1cc(F)cc([C@](Cc2ccccc2)(NC(=O)NCC(F)(F)F)c2ccc(F)c(C(F)(F)F)c2)c1)(c1ccccc1)c1ccccc1. The zero-order chi connectivity index (χ0) is 38.7. The van der Waals surface area contributed by atoms with Gasteiger partial charge >= 0.3 is 26.7 Å². The number of halogens is 8. The van der Waals surface area contributed by atoms with Gasteiger partial charge in [0.25, 0.3) is 0 Å². The van der Waals surface area contributed by atoms with Crippen LogP contribution in [0.4, 0.5) is 39.9 Å². The summed E-state index contributed by atoms with van der Waals surface area (Å²) >= 11 is 0. The van der Waals surface area contributed by atoms with Crippen LogP contribution in [0, 0.1) is 11.6 Å². The van der Waals surface area contributed by atoms with Crippen molar-refractivity contribution in [1.29, 1.82) is 0 Å². The quantitative estimate of drug-likeness (QED) is 0.110. The Hall–Kier alpha value is -5.17. The van der Waals surface area contributed by atoms with E-state index in [0.717, 1.165) is 28.6 Å². The van der Waals surface area contributed by atoms with E-state index in [1.54, 1.807) is 35.6 Å². The van der Waals surface area contributed by atoms with Gasteiger partial charge in [0.15, 0.2) is 0 Å². The maximum absolute atomic E-state index is 16.1. The van der Waals surface area contributed by atoms with Gasteiger partial charge in [0, 0.05) is 12.5 Å². The van der Waals surface area contributed by atoms with Crippen molar-refractivity contribution in [1.82, 2.24) is 10.6 Å². The second-order valence-electron chi connectivity index (χ2n) is 13.6. The van der Waals surface area contributed by atoms with E-state index >= 15 is 4.39 Å². The Morgan fingerprint density at radius 2 is 1.23 bits per heavy atom. The zero-order valence-corrected chi connectivity index (χ0v) is 29.9. The predicted octanol–water partition coefficient (Wildman–Crippen LogP) is 9.27. The first-order valence-electron chi connectivity index (χ1n) is 16.5. The molecule has 0 aliphatic carbocycles. The number of nitrogens with one attached hydrogen (secondary N) is 2.